The summed E-state index contributed by atoms with van der Waals surface area (Å²) in [6, 6.07) is 7.28. The molecule has 1 rings (SSSR count). The van der Waals surface area contributed by atoms with Gasteiger partial charge in [0.25, 0.3) is 5.91 Å². The summed E-state index contributed by atoms with van der Waals surface area (Å²) in [7, 11) is 1.91. The van der Waals surface area contributed by atoms with Crippen molar-refractivity contribution in [2.24, 2.45) is 0 Å². The zero-order valence-electron chi connectivity index (χ0n) is 13.9. The van der Waals surface area contributed by atoms with Gasteiger partial charge in [-0.3, -0.25) is 10.1 Å². The van der Waals surface area contributed by atoms with Gasteiger partial charge in [0, 0.05) is 12.1 Å². The second-order valence-corrected chi connectivity index (χ2v) is 5.36. The molecule has 0 radical (unpaired) electrons. The van der Waals surface area contributed by atoms with Gasteiger partial charge in [0.1, 0.15) is 18.9 Å². The number of urea groups is 1. The molecule has 3 N–H and O–H groups in total. The average molecular weight is 320 g/mol. The maximum absolute atomic E-state index is 11.8. The van der Waals surface area contributed by atoms with Crippen LogP contribution in [0.1, 0.15) is 18.9 Å². The Kier molecular flexibility index (Phi) is 8.46. The van der Waals surface area contributed by atoms with Crippen LogP contribution >= 0.6 is 0 Å². The van der Waals surface area contributed by atoms with Crippen molar-refractivity contribution in [3.05, 3.63) is 42.5 Å². The average Bonchev–Trinajstić information content (AvgIpc) is 2.52. The van der Waals surface area contributed by atoms with E-state index in [0.717, 1.165) is 22.6 Å². The van der Waals surface area contributed by atoms with E-state index < -0.39 is 6.03 Å². The van der Waals surface area contributed by atoms with Gasteiger partial charge in [0.2, 0.25) is 0 Å². The number of rotatable bonds is 9. The molecule has 0 heterocycles. The van der Waals surface area contributed by atoms with Crippen LogP contribution in [0.5, 0.6) is 5.75 Å². The lowest BCUT2D eigenvalue weighted by atomic mass is 10.2. The molecule has 1 aromatic carbocycles. The topological polar surface area (TPSA) is 71.9 Å². The van der Waals surface area contributed by atoms with Gasteiger partial charge in [-0.25, -0.2) is 4.79 Å². The minimum absolute atomic E-state index is 0.230. The summed E-state index contributed by atoms with van der Waals surface area (Å²) in [5.41, 5.74) is 1.09. The Morgan fingerprint density at radius 2 is 2.00 bits per heavy atom. The molecule has 1 atom stereocenters. The van der Waals surface area contributed by atoms with Crippen LogP contribution in [-0.2, 0) is 11.3 Å². The molecule has 0 aliphatic carbocycles. The Morgan fingerprint density at radius 3 is 2.61 bits per heavy atom. The number of ether oxygens (including phenoxy) is 1. The van der Waals surface area contributed by atoms with Gasteiger partial charge in [-0.2, -0.15) is 0 Å². The van der Waals surface area contributed by atoms with Crippen molar-refractivity contribution in [1.29, 1.82) is 0 Å². The quantitative estimate of drug-likeness (QED) is 0.580. The fourth-order valence-electron chi connectivity index (χ4n) is 2.00. The number of likely N-dealkylation sites (N-methyl/N-ethyl adjacent to an activating group) is 1. The number of nitrogens with one attached hydrogen (secondary N) is 3. The predicted molar refractivity (Wildman–Crippen MR) is 89.4 cm³/mol. The molecule has 0 fully saturated rings. The fourth-order valence-corrected chi connectivity index (χ4v) is 2.00. The zero-order chi connectivity index (χ0) is 17.1. The summed E-state index contributed by atoms with van der Waals surface area (Å²) < 4.78 is 5.42. The van der Waals surface area contributed by atoms with Gasteiger partial charge in [-0.05, 0) is 30.7 Å². The third-order valence-corrected chi connectivity index (χ3v) is 3.05. The smallest absolute Gasteiger partial charge is 0.321 e. The van der Waals surface area contributed by atoms with E-state index >= 15 is 0 Å². The highest BCUT2D eigenvalue weighted by Gasteiger charge is 2.13. The van der Waals surface area contributed by atoms with Gasteiger partial charge >= 0.3 is 6.03 Å². The Balaban J connectivity index is 2.37. The van der Waals surface area contributed by atoms with Crippen LogP contribution in [0, 0.1) is 0 Å². The number of hydrogen-bond donors (Lipinski definition) is 3. The largest absolute Gasteiger partial charge is 0.490 e. The summed E-state index contributed by atoms with van der Waals surface area (Å²) in [5, 5.41) is 4.93. The van der Waals surface area contributed by atoms with Crippen LogP contribution in [-0.4, -0.2) is 38.7 Å². The highest BCUT2D eigenvalue weighted by atomic mass is 16.5. The second-order valence-electron chi connectivity index (χ2n) is 5.36. The molecular formula is C17H26N3O3+. The maximum Gasteiger partial charge on any atom is 0.321 e. The van der Waals surface area contributed by atoms with Crippen LogP contribution in [0.3, 0.4) is 0 Å². The Labute approximate surface area is 137 Å². The summed E-state index contributed by atoms with van der Waals surface area (Å²) in [6.45, 7) is 7.51. The van der Waals surface area contributed by atoms with E-state index in [-0.39, 0.29) is 12.5 Å². The van der Waals surface area contributed by atoms with Gasteiger partial charge in [-0.1, -0.05) is 19.6 Å². The van der Waals surface area contributed by atoms with Gasteiger partial charge < -0.3 is 15.0 Å². The van der Waals surface area contributed by atoms with Crippen LogP contribution in [0.4, 0.5) is 4.79 Å². The van der Waals surface area contributed by atoms with E-state index in [1.54, 1.807) is 6.08 Å². The molecule has 126 valence electrons. The van der Waals surface area contributed by atoms with Crippen LogP contribution in [0.2, 0.25) is 0 Å². The van der Waals surface area contributed by atoms with Crippen molar-refractivity contribution in [3.8, 4) is 5.75 Å². The first kappa shape index (κ1) is 18.7. The molecule has 0 saturated heterocycles. The van der Waals surface area contributed by atoms with E-state index in [4.69, 9.17) is 4.74 Å². The first-order chi connectivity index (χ1) is 11.0. The van der Waals surface area contributed by atoms with E-state index in [1.165, 1.54) is 0 Å². The number of hydrogen-bond acceptors (Lipinski definition) is 3. The molecule has 6 heteroatoms. The molecule has 1 unspecified atom stereocenters. The first-order valence-electron chi connectivity index (χ1n) is 7.76. The molecule has 0 spiro atoms. The van der Waals surface area contributed by atoms with Crippen molar-refractivity contribution in [2.75, 3.05) is 26.7 Å². The van der Waals surface area contributed by atoms with Crippen LogP contribution in [0.25, 0.3) is 0 Å². The third-order valence-electron chi connectivity index (χ3n) is 3.05. The van der Waals surface area contributed by atoms with E-state index in [1.807, 2.05) is 38.2 Å². The number of amides is 3. The van der Waals surface area contributed by atoms with Crippen LogP contribution in [0.15, 0.2) is 36.9 Å². The zero-order valence-corrected chi connectivity index (χ0v) is 13.9. The molecule has 6 nitrogen and oxygen atoms in total. The van der Waals surface area contributed by atoms with Crippen molar-refractivity contribution in [1.82, 2.24) is 10.6 Å². The minimum atomic E-state index is -0.437. The summed E-state index contributed by atoms with van der Waals surface area (Å²) >= 11 is 0. The molecule has 0 aromatic heterocycles. The van der Waals surface area contributed by atoms with Gasteiger partial charge in [0.15, 0.2) is 6.54 Å². The molecule has 3 amide bonds. The van der Waals surface area contributed by atoms with E-state index in [0.29, 0.717) is 19.7 Å². The Bertz CT molecular complexity index is 514. The number of benzene rings is 1. The fraction of sp³-hybridized carbons (Fsp3) is 0.412. The summed E-state index contributed by atoms with van der Waals surface area (Å²) in [5.74, 6) is 0.499. The highest BCUT2D eigenvalue weighted by Crippen LogP contribution is 2.11. The first-order valence-corrected chi connectivity index (χ1v) is 7.76. The molecule has 0 saturated carbocycles. The van der Waals surface area contributed by atoms with E-state index in [9.17, 15) is 9.59 Å². The molecular weight excluding hydrogens is 294 g/mol. The molecule has 23 heavy (non-hydrogen) atoms. The molecule has 1 aromatic rings. The Morgan fingerprint density at radius 1 is 1.30 bits per heavy atom. The predicted octanol–water partition coefficient (Wildman–Crippen LogP) is 0.502. The lowest BCUT2D eigenvalue weighted by molar-refractivity contribution is -0.885. The maximum atomic E-state index is 11.8. The number of imide groups is 1. The number of carbonyl (C=O) groups is 2. The SMILES string of the molecule is C=CCOc1ccc(C[NH+](C)CC(=O)NC(=O)NCCC)cc1. The van der Waals surface area contributed by atoms with E-state index in [2.05, 4.69) is 17.2 Å². The monoisotopic (exact) mass is 320 g/mol. The number of quaternary nitrogens is 1. The van der Waals surface area contributed by atoms with Crippen molar-refractivity contribution < 1.29 is 19.2 Å². The standard InChI is InChI=1S/C17H25N3O3/c1-4-10-18-17(22)19-16(21)13-20(3)12-14-6-8-15(9-7-14)23-11-5-2/h5-9H,2,4,10-13H2,1,3H3,(H2,18,19,21,22)/p+1. The lowest BCUT2D eigenvalue weighted by Crippen LogP contribution is -3.09. The number of carbonyl (C=O) groups excluding carboxylic acids is 2. The second kappa shape index (κ2) is 10.4. The lowest BCUT2D eigenvalue weighted by Gasteiger charge is -2.14. The van der Waals surface area contributed by atoms with Gasteiger partial charge in [-0.15, -0.1) is 0 Å². The molecule has 0 bridgehead atoms. The molecule has 0 aliphatic heterocycles. The van der Waals surface area contributed by atoms with Crippen molar-refractivity contribution in [3.63, 3.8) is 0 Å². The Hall–Kier alpha value is -2.34. The minimum Gasteiger partial charge on any atom is -0.490 e. The van der Waals surface area contributed by atoms with Crippen molar-refractivity contribution in [2.45, 2.75) is 19.9 Å². The normalized spacial score (nSPS) is 11.4. The molecule has 0 aliphatic rings. The van der Waals surface area contributed by atoms with Crippen molar-refractivity contribution >= 4 is 11.9 Å². The van der Waals surface area contributed by atoms with Gasteiger partial charge in [0.05, 0.1) is 7.05 Å². The third kappa shape index (κ3) is 8.01. The highest BCUT2D eigenvalue weighted by molar-refractivity contribution is 5.94. The summed E-state index contributed by atoms with van der Waals surface area (Å²) in [6.07, 6.45) is 2.53. The van der Waals surface area contributed by atoms with Crippen LogP contribution < -0.4 is 20.3 Å². The summed E-state index contributed by atoms with van der Waals surface area (Å²) in [4.78, 5) is 24.2.